The third kappa shape index (κ3) is 49.1. The molecule has 0 aliphatic heterocycles. The third-order valence-electron chi connectivity index (χ3n) is 11.2. The highest BCUT2D eigenvalue weighted by Gasteiger charge is 2.28. The summed E-state index contributed by atoms with van der Waals surface area (Å²) in [6.45, 7) is 2.41. The van der Waals surface area contributed by atoms with Crippen LogP contribution in [0, 0.1) is 0 Å². The molecule has 0 saturated heterocycles. The van der Waals surface area contributed by atoms with Gasteiger partial charge in [0.1, 0.15) is 12.7 Å². The van der Waals surface area contributed by atoms with E-state index in [-0.39, 0.29) is 12.8 Å². The van der Waals surface area contributed by atoms with Crippen LogP contribution in [0.5, 0.6) is 0 Å². The number of amides is 1. The van der Waals surface area contributed by atoms with Crippen LogP contribution in [0.1, 0.15) is 219 Å². The minimum absolute atomic E-state index is 0.0141. The molecule has 0 bridgehead atoms. The number of carboxylic acid groups (broad SMARTS) is 1. The van der Waals surface area contributed by atoms with Gasteiger partial charge in [-0.25, -0.2) is 9.36 Å². The maximum Gasteiger partial charge on any atom is 0.472 e. The van der Waals surface area contributed by atoms with Gasteiger partial charge in [0.25, 0.3) is 0 Å². The van der Waals surface area contributed by atoms with Crippen molar-refractivity contribution in [3.05, 3.63) is 85.1 Å². The van der Waals surface area contributed by atoms with Crippen molar-refractivity contribution in [3.8, 4) is 0 Å². The number of carbonyl (C=O) groups excluding carboxylic acids is 2. The molecule has 0 aliphatic carbocycles. The molecule has 0 saturated carbocycles. The van der Waals surface area contributed by atoms with E-state index in [1.54, 1.807) is 6.08 Å². The highest BCUT2D eigenvalue weighted by Crippen LogP contribution is 2.43. The number of nitrogens with one attached hydrogen (secondary N) is 1. The summed E-state index contributed by atoms with van der Waals surface area (Å²) >= 11 is 0. The van der Waals surface area contributed by atoms with Crippen molar-refractivity contribution in [1.29, 1.82) is 0 Å². The predicted molar refractivity (Wildman–Crippen MR) is 281 cm³/mol. The molecule has 0 aromatic rings. The monoisotopic (exact) mass is 974 g/mol. The Hall–Kier alpha value is -3.34. The number of aliphatic carboxylic acids is 1. The van der Waals surface area contributed by atoms with Crippen LogP contribution in [-0.4, -0.2) is 64.9 Å². The summed E-state index contributed by atoms with van der Waals surface area (Å²) in [4.78, 5) is 46.1. The van der Waals surface area contributed by atoms with E-state index in [2.05, 4.69) is 79.9 Å². The fourth-order valence-electron chi connectivity index (χ4n) is 7.17. The molecule has 0 heterocycles. The van der Waals surface area contributed by atoms with E-state index < -0.39 is 57.6 Å². The minimum atomic E-state index is -4.79. The molecule has 0 rings (SSSR count). The Morgan fingerprint density at radius 3 is 1.19 bits per heavy atom. The summed E-state index contributed by atoms with van der Waals surface area (Å²) in [7, 11) is -4.79. The Morgan fingerprint density at radius 1 is 0.485 bits per heavy atom. The number of ether oxygens (including phenoxy) is 1. The Labute approximate surface area is 413 Å². The number of carboxylic acids is 1. The summed E-state index contributed by atoms with van der Waals surface area (Å²) < 4.78 is 26.9. The zero-order valence-electron chi connectivity index (χ0n) is 42.6. The molecule has 0 fully saturated rings. The number of phosphoric acid groups is 1. The average Bonchev–Trinajstić information content (AvgIpc) is 3.32. The maximum atomic E-state index is 12.4. The van der Waals surface area contributed by atoms with Crippen LogP contribution in [0.3, 0.4) is 0 Å². The van der Waals surface area contributed by atoms with Crippen LogP contribution >= 0.6 is 7.82 Å². The van der Waals surface area contributed by atoms with E-state index >= 15 is 0 Å². The van der Waals surface area contributed by atoms with Crippen molar-refractivity contribution in [1.82, 2.24) is 5.32 Å². The van der Waals surface area contributed by atoms with Crippen LogP contribution < -0.4 is 5.32 Å². The second kappa shape index (κ2) is 50.1. The number of hydrogen-bond donors (Lipinski definition) is 4. The Balaban J connectivity index is 3.91. The first-order valence-corrected chi connectivity index (χ1v) is 28.1. The minimum Gasteiger partial charge on any atom is -0.480 e. The lowest BCUT2D eigenvalue weighted by atomic mass is 10.0. The summed E-state index contributed by atoms with van der Waals surface area (Å²) in [5.41, 5.74) is 0. The second-order valence-corrected chi connectivity index (χ2v) is 19.2. The fraction of sp³-hybridized carbons (Fsp3) is 0.696. The van der Waals surface area contributed by atoms with Gasteiger partial charge in [0.05, 0.1) is 19.6 Å². The number of allylic oxidation sites excluding steroid dienone is 13. The lowest BCUT2D eigenvalue weighted by Crippen LogP contribution is -2.43. The molecule has 0 aromatic carbocycles. The number of carbonyl (C=O) groups is 3. The molecule has 1 amide bonds. The van der Waals surface area contributed by atoms with Crippen molar-refractivity contribution in [3.63, 3.8) is 0 Å². The first-order valence-electron chi connectivity index (χ1n) is 26.6. The fourth-order valence-corrected chi connectivity index (χ4v) is 7.94. The average molecular weight is 974 g/mol. The predicted octanol–water partition coefficient (Wildman–Crippen LogP) is 15.0. The van der Waals surface area contributed by atoms with Crippen molar-refractivity contribution in [2.75, 3.05) is 19.8 Å². The molecule has 12 heteroatoms. The molecule has 68 heavy (non-hydrogen) atoms. The van der Waals surface area contributed by atoms with E-state index in [0.29, 0.717) is 12.8 Å². The molecule has 3 atom stereocenters. The molecular weight excluding hydrogens is 878 g/mol. The maximum absolute atomic E-state index is 12.4. The van der Waals surface area contributed by atoms with Gasteiger partial charge >= 0.3 is 19.8 Å². The number of unbranched alkanes of at least 4 members (excludes halogenated alkanes) is 22. The van der Waals surface area contributed by atoms with Gasteiger partial charge in [-0.2, -0.15) is 0 Å². The zero-order chi connectivity index (χ0) is 49.9. The van der Waals surface area contributed by atoms with E-state index in [1.807, 2.05) is 18.2 Å². The smallest absolute Gasteiger partial charge is 0.472 e. The molecule has 11 nitrogen and oxygen atoms in total. The third-order valence-corrected chi connectivity index (χ3v) is 12.2. The Kier molecular flexibility index (Phi) is 47.6. The molecule has 4 N–H and O–H groups in total. The molecule has 0 radical (unpaired) electrons. The van der Waals surface area contributed by atoms with E-state index in [1.165, 1.54) is 122 Å². The summed E-state index contributed by atoms with van der Waals surface area (Å²) in [5, 5.41) is 21.9. The van der Waals surface area contributed by atoms with Crippen molar-refractivity contribution < 1.29 is 47.8 Å². The molecular formula is C56H96NO10P. The topological polar surface area (TPSA) is 169 Å². The first-order chi connectivity index (χ1) is 33.1. The standard InChI is InChI=1S/C56H96NO10P/c1-3-5-7-9-11-13-15-17-19-21-23-25-26-28-29-31-33-35-37-39-41-43-45-47-54(59)57-53(56(61)62)51-67-68(63,64)66-50-52(58)49-65-55(60)48-46-44-42-40-38-36-34-32-30-27-24-22-20-18-16-14-12-10-8-6-4-2/h6,8,12,14,18,20,24,27,32,34,38,40,44,46,52-53,58H,3-5,7,9-11,13,15-17,19,21-23,25-26,28-31,33,35-37,39,41-43,45,47-51H2,1-2H3,(H,57,59)(H,61,62)(H,63,64)/b8-6-,14-12-,20-18-,27-24-,34-32-,40-38-,46-44-. The molecule has 390 valence electrons. The largest absolute Gasteiger partial charge is 0.480 e. The Morgan fingerprint density at radius 2 is 0.824 bits per heavy atom. The molecule has 0 aromatic heterocycles. The number of phosphoric ester groups is 1. The highest BCUT2D eigenvalue weighted by atomic mass is 31.2. The highest BCUT2D eigenvalue weighted by molar-refractivity contribution is 7.47. The molecule has 0 aliphatic rings. The van der Waals surface area contributed by atoms with Gasteiger partial charge in [-0.1, -0.05) is 240 Å². The normalized spacial score (nSPS) is 14.2. The lowest BCUT2D eigenvalue weighted by Gasteiger charge is -2.18. The quantitative estimate of drug-likeness (QED) is 0.0199. The van der Waals surface area contributed by atoms with Crippen molar-refractivity contribution in [2.45, 2.75) is 231 Å². The van der Waals surface area contributed by atoms with Crippen LogP contribution in [0.25, 0.3) is 0 Å². The number of rotatable bonds is 49. The van der Waals surface area contributed by atoms with Gasteiger partial charge in [0.2, 0.25) is 5.91 Å². The summed E-state index contributed by atoms with van der Waals surface area (Å²) in [6.07, 6.45) is 63.5. The van der Waals surface area contributed by atoms with Gasteiger partial charge in [-0.05, 0) is 51.4 Å². The molecule has 0 spiro atoms. The van der Waals surface area contributed by atoms with Gasteiger partial charge in [-0.3, -0.25) is 18.6 Å². The van der Waals surface area contributed by atoms with Crippen LogP contribution in [0.2, 0.25) is 0 Å². The van der Waals surface area contributed by atoms with Crippen LogP contribution in [-0.2, 0) is 32.7 Å². The van der Waals surface area contributed by atoms with Gasteiger partial charge in [0, 0.05) is 6.42 Å². The van der Waals surface area contributed by atoms with Gasteiger partial charge in [0.15, 0.2) is 6.04 Å². The SMILES string of the molecule is CC/C=C\C/C=C\C/C=C\C/C=C\C/C=C\C/C=C\C/C=C\CC(=O)OCC(O)COP(=O)(O)OCC(NC(=O)CCCCCCCCCCCCCCCCCCCCCCCCC)C(=O)O. The van der Waals surface area contributed by atoms with Gasteiger partial charge in [-0.15, -0.1) is 0 Å². The van der Waals surface area contributed by atoms with Crippen LogP contribution in [0.15, 0.2) is 85.1 Å². The number of hydrogen-bond acceptors (Lipinski definition) is 8. The van der Waals surface area contributed by atoms with E-state index in [4.69, 9.17) is 13.8 Å². The second-order valence-electron chi connectivity index (χ2n) is 17.7. The summed E-state index contributed by atoms with van der Waals surface area (Å²) in [5.74, 6) is -2.51. The van der Waals surface area contributed by atoms with E-state index in [9.17, 15) is 34.1 Å². The van der Waals surface area contributed by atoms with E-state index in [0.717, 1.165) is 57.8 Å². The first kappa shape index (κ1) is 64.7. The number of esters is 1. The number of aliphatic hydroxyl groups excluding tert-OH is 1. The lowest BCUT2D eigenvalue weighted by molar-refractivity contribution is -0.146. The number of aliphatic hydroxyl groups is 1. The van der Waals surface area contributed by atoms with Gasteiger partial charge < -0.3 is 25.2 Å². The Bertz CT molecular complexity index is 1470. The molecule has 3 unspecified atom stereocenters. The summed E-state index contributed by atoms with van der Waals surface area (Å²) in [6, 6.07) is -1.56. The van der Waals surface area contributed by atoms with Crippen molar-refractivity contribution >= 4 is 25.7 Å². The van der Waals surface area contributed by atoms with Crippen LogP contribution in [0.4, 0.5) is 0 Å². The van der Waals surface area contributed by atoms with Crippen molar-refractivity contribution in [2.24, 2.45) is 0 Å². The zero-order valence-corrected chi connectivity index (χ0v) is 43.5.